The number of carbonyl (C=O) groups excluding carboxylic acids is 1. The summed E-state index contributed by atoms with van der Waals surface area (Å²) in [4.78, 5) is 11.9. The van der Waals surface area contributed by atoms with Gasteiger partial charge in [0.1, 0.15) is 5.75 Å². The molecule has 1 amide bonds. The number of nitrogens with one attached hydrogen (secondary N) is 1. The predicted octanol–water partition coefficient (Wildman–Crippen LogP) is 2.05. The minimum absolute atomic E-state index is 0.199. The van der Waals surface area contributed by atoms with Crippen LogP contribution in [0.5, 0.6) is 5.75 Å². The van der Waals surface area contributed by atoms with Crippen LogP contribution in [0.1, 0.15) is 24.8 Å². The van der Waals surface area contributed by atoms with Crippen LogP contribution in [0.2, 0.25) is 0 Å². The molecule has 2 atom stereocenters. The first kappa shape index (κ1) is 10.6. The van der Waals surface area contributed by atoms with Crippen molar-refractivity contribution >= 4 is 5.91 Å². The number of aromatic hydroxyl groups is 1. The van der Waals surface area contributed by atoms with Crippen LogP contribution in [-0.4, -0.2) is 11.0 Å². The highest BCUT2D eigenvalue weighted by Gasteiger charge is 2.47. The molecule has 0 spiro atoms. The van der Waals surface area contributed by atoms with E-state index in [9.17, 15) is 4.79 Å². The third-order valence-electron chi connectivity index (χ3n) is 4.02. The van der Waals surface area contributed by atoms with E-state index in [0.29, 0.717) is 6.54 Å². The Kier molecular flexibility index (Phi) is 2.54. The summed E-state index contributed by atoms with van der Waals surface area (Å²) in [5, 5.41) is 12.1. The molecule has 2 N–H and O–H groups in total. The van der Waals surface area contributed by atoms with Crippen LogP contribution in [0.4, 0.5) is 0 Å². The van der Waals surface area contributed by atoms with E-state index in [-0.39, 0.29) is 17.6 Å². The van der Waals surface area contributed by atoms with E-state index in [1.807, 2.05) is 12.1 Å². The van der Waals surface area contributed by atoms with Crippen LogP contribution in [0.3, 0.4) is 0 Å². The van der Waals surface area contributed by atoms with Gasteiger partial charge in [-0.2, -0.15) is 0 Å². The molecule has 3 heteroatoms. The monoisotopic (exact) mass is 231 g/mol. The van der Waals surface area contributed by atoms with Crippen molar-refractivity contribution in [1.29, 1.82) is 0 Å². The number of hydrogen-bond donors (Lipinski definition) is 2. The highest BCUT2D eigenvalue weighted by Crippen LogP contribution is 2.54. The molecule has 1 aromatic rings. The second-order valence-corrected chi connectivity index (χ2v) is 5.31. The van der Waals surface area contributed by atoms with Gasteiger partial charge in [-0.1, -0.05) is 12.1 Å². The zero-order valence-electron chi connectivity index (χ0n) is 9.73. The van der Waals surface area contributed by atoms with Gasteiger partial charge in [0, 0.05) is 12.5 Å². The van der Waals surface area contributed by atoms with Crippen molar-refractivity contribution in [1.82, 2.24) is 5.32 Å². The minimum Gasteiger partial charge on any atom is -0.508 e. The molecule has 90 valence electrons. The van der Waals surface area contributed by atoms with Gasteiger partial charge in [0.2, 0.25) is 5.91 Å². The fourth-order valence-electron chi connectivity index (χ4n) is 2.88. The molecule has 2 aliphatic rings. The van der Waals surface area contributed by atoms with Crippen molar-refractivity contribution in [3.63, 3.8) is 0 Å². The molecule has 2 unspecified atom stereocenters. The van der Waals surface area contributed by atoms with Crippen molar-refractivity contribution in [3.8, 4) is 5.75 Å². The van der Waals surface area contributed by atoms with Crippen molar-refractivity contribution in [2.75, 3.05) is 0 Å². The molecule has 0 saturated heterocycles. The van der Waals surface area contributed by atoms with Crippen LogP contribution in [-0.2, 0) is 11.3 Å². The molecule has 3 nitrogen and oxygen atoms in total. The predicted molar refractivity (Wildman–Crippen MR) is 64.3 cm³/mol. The van der Waals surface area contributed by atoms with E-state index in [2.05, 4.69) is 5.32 Å². The van der Waals surface area contributed by atoms with Gasteiger partial charge in [0.25, 0.3) is 0 Å². The van der Waals surface area contributed by atoms with Gasteiger partial charge in [-0.3, -0.25) is 4.79 Å². The Bertz CT molecular complexity index is 416. The number of carbonyl (C=O) groups is 1. The maximum absolute atomic E-state index is 11.9. The topological polar surface area (TPSA) is 49.3 Å². The third-order valence-corrected chi connectivity index (χ3v) is 4.02. The molecule has 2 aliphatic carbocycles. The summed E-state index contributed by atoms with van der Waals surface area (Å²) in [6, 6.07) is 6.96. The number of hydrogen-bond acceptors (Lipinski definition) is 2. The Morgan fingerprint density at radius 1 is 1.18 bits per heavy atom. The SMILES string of the molecule is O=C(NCc1ccc(O)cc1)C1CC2CC2C1. The van der Waals surface area contributed by atoms with Crippen LogP contribution in [0.15, 0.2) is 24.3 Å². The molecule has 2 saturated carbocycles. The number of fused-ring (bicyclic) bond motifs is 1. The molecule has 0 aliphatic heterocycles. The molecule has 3 rings (SSSR count). The Morgan fingerprint density at radius 2 is 1.82 bits per heavy atom. The largest absolute Gasteiger partial charge is 0.508 e. The zero-order valence-corrected chi connectivity index (χ0v) is 9.73. The van der Waals surface area contributed by atoms with Crippen molar-refractivity contribution in [2.24, 2.45) is 17.8 Å². The first-order valence-corrected chi connectivity index (χ1v) is 6.28. The van der Waals surface area contributed by atoms with Crippen LogP contribution < -0.4 is 5.32 Å². The third kappa shape index (κ3) is 2.28. The second kappa shape index (κ2) is 4.06. The molecule has 0 heterocycles. The van der Waals surface area contributed by atoms with Crippen LogP contribution in [0.25, 0.3) is 0 Å². The van der Waals surface area contributed by atoms with Gasteiger partial charge in [-0.15, -0.1) is 0 Å². The lowest BCUT2D eigenvalue weighted by molar-refractivity contribution is -0.125. The first-order chi connectivity index (χ1) is 8.22. The van der Waals surface area contributed by atoms with Gasteiger partial charge in [-0.25, -0.2) is 0 Å². The Labute approximate surface area is 101 Å². The first-order valence-electron chi connectivity index (χ1n) is 6.28. The lowest BCUT2D eigenvalue weighted by Crippen LogP contribution is -2.29. The van der Waals surface area contributed by atoms with Crippen LogP contribution in [0, 0.1) is 17.8 Å². The van der Waals surface area contributed by atoms with E-state index in [1.165, 1.54) is 6.42 Å². The summed E-state index contributed by atoms with van der Waals surface area (Å²) in [5.74, 6) is 2.40. The van der Waals surface area contributed by atoms with Gasteiger partial charge < -0.3 is 10.4 Å². The molecule has 0 bridgehead atoms. The molecule has 2 fully saturated rings. The normalized spacial score (nSPS) is 29.8. The van der Waals surface area contributed by atoms with Gasteiger partial charge in [0.05, 0.1) is 0 Å². The standard InChI is InChI=1S/C14H17NO2/c16-13-3-1-9(2-4-13)8-15-14(17)12-6-10-5-11(10)7-12/h1-4,10-12,16H,5-8H2,(H,15,17). The molecule has 1 aromatic carbocycles. The number of amides is 1. The Balaban J connectivity index is 1.50. The van der Waals surface area contributed by atoms with E-state index in [1.54, 1.807) is 12.1 Å². The van der Waals surface area contributed by atoms with E-state index < -0.39 is 0 Å². The van der Waals surface area contributed by atoms with Crippen molar-refractivity contribution in [3.05, 3.63) is 29.8 Å². The van der Waals surface area contributed by atoms with Gasteiger partial charge in [0.15, 0.2) is 0 Å². The Hall–Kier alpha value is -1.51. The number of benzene rings is 1. The quantitative estimate of drug-likeness (QED) is 0.836. The van der Waals surface area contributed by atoms with Gasteiger partial charge in [-0.05, 0) is 48.8 Å². The zero-order chi connectivity index (χ0) is 11.8. The summed E-state index contributed by atoms with van der Waals surface area (Å²) in [6.45, 7) is 0.560. The average molecular weight is 231 g/mol. The molecular weight excluding hydrogens is 214 g/mol. The molecule has 0 radical (unpaired) electrons. The highest BCUT2D eigenvalue weighted by molar-refractivity contribution is 5.79. The lowest BCUT2D eigenvalue weighted by atomic mass is 10.0. The summed E-state index contributed by atoms with van der Waals surface area (Å²) in [6.07, 6.45) is 3.53. The molecule has 0 aromatic heterocycles. The summed E-state index contributed by atoms with van der Waals surface area (Å²) < 4.78 is 0. The van der Waals surface area contributed by atoms with Crippen LogP contribution >= 0.6 is 0 Å². The smallest absolute Gasteiger partial charge is 0.223 e. The highest BCUT2D eigenvalue weighted by atomic mass is 16.3. The van der Waals surface area contributed by atoms with E-state index in [4.69, 9.17) is 5.11 Å². The lowest BCUT2D eigenvalue weighted by Gasteiger charge is -2.12. The summed E-state index contributed by atoms with van der Waals surface area (Å²) in [5.41, 5.74) is 1.03. The van der Waals surface area contributed by atoms with E-state index >= 15 is 0 Å². The average Bonchev–Trinajstić information content (AvgIpc) is 2.95. The van der Waals surface area contributed by atoms with Crippen molar-refractivity contribution in [2.45, 2.75) is 25.8 Å². The van der Waals surface area contributed by atoms with Crippen molar-refractivity contribution < 1.29 is 9.90 Å². The minimum atomic E-state index is 0.199. The summed E-state index contributed by atoms with van der Waals surface area (Å²) in [7, 11) is 0. The summed E-state index contributed by atoms with van der Waals surface area (Å²) >= 11 is 0. The number of phenolic OH excluding ortho intramolecular Hbond substituents is 1. The van der Waals surface area contributed by atoms with E-state index in [0.717, 1.165) is 30.2 Å². The molecular formula is C14H17NO2. The maximum atomic E-state index is 11.9. The second-order valence-electron chi connectivity index (χ2n) is 5.31. The maximum Gasteiger partial charge on any atom is 0.223 e. The van der Waals surface area contributed by atoms with Gasteiger partial charge >= 0.3 is 0 Å². The number of rotatable bonds is 3. The Morgan fingerprint density at radius 3 is 2.47 bits per heavy atom. The molecule has 17 heavy (non-hydrogen) atoms. The fourth-order valence-corrected chi connectivity index (χ4v) is 2.88. The fraction of sp³-hybridized carbons (Fsp3) is 0.500. The number of phenols is 1.